The maximum absolute atomic E-state index is 6.23. The van der Waals surface area contributed by atoms with E-state index in [2.05, 4.69) is 36.0 Å². The van der Waals surface area contributed by atoms with E-state index in [1.165, 1.54) is 18.4 Å². The highest BCUT2D eigenvalue weighted by atomic mass is 35.5. The zero-order valence-electron chi connectivity index (χ0n) is 12.1. The molecule has 106 valence electrons. The number of rotatable bonds is 4. The van der Waals surface area contributed by atoms with Gasteiger partial charge < -0.3 is 5.32 Å². The van der Waals surface area contributed by atoms with Crippen molar-refractivity contribution >= 4 is 11.6 Å². The predicted molar refractivity (Wildman–Crippen MR) is 80.4 cm³/mol. The van der Waals surface area contributed by atoms with E-state index in [1.54, 1.807) is 6.20 Å². The number of halogens is 1. The number of piperazine rings is 1. The van der Waals surface area contributed by atoms with Gasteiger partial charge >= 0.3 is 0 Å². The van der Waals surface area contributed by atoms with Crippen LogP contribution in [0.4, 0.5) is 0 Å². The van der Waals surface area contributed by atoms with E-state index in [4.69, 9.17) is 11.6 Å². The highest BCUT2D eigenvalue weighted by Gasteiger charge is 2.32. The van der Waals surface area contributed by atoms with Crippen molar-refractivity contribution < 1.29 is 0 Å². The Morgan fingerprint density at radius 2 is 2.32 bits per heavy atom. The van der Waals surface area contributed by atoms with Crippen LogP contribution in [0.25, 0.3) is 0 Å². The molecule has 1 fully saturated rings. The molecule has 3 nitrogen and oxygen atoms in total. The summed E-state index contributed by atoms with van der Waals surface area (Å²) in [5.41, 5.74) is 1.35. The van der Waals surface area contributed by atoms with E-state index in [0.717, 1.165) is 24.7 Å². The van der Waals surface area contributed by atoms with E-state index >= 15 is 0 Å². The van der Waals surface area contributed by atoms with Crippen LogP contribution >= 0.6 is 11.6 Å². The number of nitrogens with one attached hydrogen (secondary N) is 1. The molecule has 1 atom stereocenters. The Balaban J connectivity index is 2.11. The summed E-state index contributed by atoms with van der Waals surface area (Å²) in [6.45, 7) is 9.79. The van der Waals surface area contributed by atoms with Gasteiger partial charge in [0.15, 0.2) is 0 Å². The fourth-order valence-electron chi connectivity index (χ4n) is 2.77. The quantitative estimate of drug-likeness (QED) is 0.919. The first-order chi connectivity index (χ1) is 9.02. The lowest BCUT2D eigenvalue weighted by atomic mass is 9.96. The van der Waals surface area contributed by atoms with E-state index < -0.39 is 0 Å². The second-order valence-electron chi connectivity index (χ2n) is 6.08. The zero-order chi connectivity index (χ0) is 13.9. The molecule has 0 aromatic carbocycles. The standard InChI is InChI=1S/C15H24ClN3/c1-4-5-13-8-18-15(2,3)11-19(13)10-12-6-7-17-9-14(12)16/h6-7,9,13,18H,4-5,8,10-11H2,1-3H3. The lowest BCUT2D eigenvalue weighted by Gasteiger charge is -2.45. The van der Waals surface area contributed by atoms with Gasteiger partial charge in [-0.3, -0.25) is 9.88 Å². The fraction of sp³-hybridized carbons (Fsp3) is 0.667. The Morgan fingerprint density at radius 1 is 1.53 bits per heavy atom. The average Bonchev–Trinajstić information content (AvgIpc) is 2.35. The van der Waals surface area contributed by atoms with Gasteiger partial charge in [0.25, 0.3) is 0 Å². The number of nitrogens with zero attached hydrogens (tertiary/aromatic N) is 2. The van der Waals surface area contributed by atoms with Crippen molar-refractivity contribution in [2.45, 2.75) is 51.7 Å². The summed E-state index contributed by atoms with van der Waals surface area (Å²) in [7, 11) is 0. The van der Waals surface area contributed by atoms with Crippen LogP contribution < -0.4 is 5.32 Å². The third-order valence-corrected chi connectivity index (χ3v) is 4.12. The van der Waals surface area contributed by atoms with Gasteiger partial charge in [-0.2, -0.15) is 0 Å². The van der Waals surface area contributed by atoms with E-state index in [9.17, 15) is 0 Å². The molecule has 1 aliphatic heterocycles. The minimum atomic E-state index is 0.170. The third kappa shape index (κ3) is 3.91. The Hall–Kier alpha value is -0.640. The molecule has 1 aliphatic rings. The number of pyridine rings is 1. The van der Waals surface area contributed by atoms with Crippen LogP contribution in [-0.2, 0) is 6.54 Å². The van der Waals surface area contributed by atoms with Crippen molar-refractivity contribution in [3.05, 3.63) is 29.0 Å². The maximum Gasteiger partial charge on any atom is 0.0634 e. The molecular weight excluding hydrogens is 258 g/mol. The summed E-state index contributed by atoms with van der Waals surface area (Å²) < 4.78 is 0. The van der Waals surface area contributed by atoms with Gasteiger partial charge in [0.05, 0.1) is 5.02 Å². The Morgan fingerprint density at radius 3 is 3.00 bits per heavy atom. The molecule has 0 aliphatic carbocycles. The number of aromatic nitrogens is 1. The fourth-order valence-corrected chi connectivity index (χ4v) is 2.95. The molecular formula is C15H24ClN3. The molecule has 2 rings (SSSR count). The lowest BCUT2D eigenvalue weighted by Crippen LogP contribution is -2.61. The van der Waals surface area contributed by atoms with Crippen LogP contribution in [0.1, 0.15) is 39.2 Å². The Labute approximate surface area is 121 Å². The summed E-state index contributed by atoms with van der Waals surface area (Å²) in [5, 5.41) is 4.41. The molecule has 0 radical (unpaired) electrons. The van der Waals surface area contributed by atoms with Gasteiger partial charge in [0, 0.05) is 43.6 Å². The van der Waals surface area contributed by atoms with Crippen LogP contribution in [0.2, 0.25) is 5.02 Å². The smallest absolute Gasteiger partial charge is 0.0634 e. The lowest BCUT2D eigenvalue weighted by molar-refractivity contribution is 0.0827. The first-order valence-corrected chi connectivity index (χ1v) is 7.47. The van der Waals surface area contributed by atoms with Crippen molar-refractivity contribution in [2.75, 3.05) is 13.1 Å². The largest absolute Gasteiger partial charge is 0.309 e. The minimum Gasteiger partial charge on any atom is -0.309 e. The Kier molecular flexibility index (Phi) is 4.82. The molecule has 19 heavy (non-hydrogen) atoms. The van der Waals surface area contributed by atoms with Gasteiger partial charge in [0.1, 0.15) is 0 Å². The highest BCUT2D eigenvalue weighted by Crippen LogP contribution is 2.23. The molecule has 0 saturated carbocycles. The van der Waals surface area contributed by atoms with Crippen molar-refractivity contribution in [3.8, 4) is 0 Å². The monoisotopic (exact) mass is 281 g/mol. The normalized spacial score (nSPS) is 23.5. The highest BCUT2D eigenvalue weighted by molar-refractivity contribution is 6.31. The summed E-state index contributed by atoms with van der Waals surface area (Å²) in [5.74, 6) is 0. The molecule has 1 N–H and O–H groups in total. The third-order valence-electron chi connectivity index (χ3n) is 3.78. The predicted octanol–water partition coefficient (Wildman–Crippen LogP) is 3.09. The summed E-state index contributed by atoms with van der Waals surface area (Å²) >= 11 is 6.23. The number of hydrogen-bond acceptors (Lipinski definition) is 3. The van der Waals surface area contributed by atoms with Gasteiger partial charge in [-0.15, -0.1) is 0 Å². The SMILES string of the molecule is CCCC1CNC(C)(C)CN1Cc1ccncc1Cl. The molecule has 1 unspecified atom stereocenters. The summed E-state index contributed by atoms with van der Waals surface area (Å²) in [4.78, 5) is 6.62. The van der Waals surface area contributed by atoms with Crippen LogP contribution in [0.5, 0.6) is 0 Å². The molecule has 1 aromatic heterocycles. The van der Waals surface area contributed by atoms with Gasteiger partial charge in [0.2, 0.25) is 0 Å². The summed E-state index contributed by atoms with van der Waals surface area (Å²) in [6.07, 6.45) is 6.00. The molecule has 4 heteroatoms. The van der Waals surface area contributed by atoms with Crippen LogP contribution in [0.15, 0.2) is 18.5 Å². The van der Waals surface area contributed by atoms with Gasteiger partial charge in [-0.1, -0.05) is 24.9 Å². The Bertz CT molecular complexity index is 420. The second-order valence-corrected chi connectivity index (χ2v) is 6.49. The van der Waals surface area contributed by atoms with E-state index in [1.807, 2.05) is 12.3 Å². The molecule has 0 amide bonds. The van der Waals surface area contributed by atoms with Gasteiger partial charge in [-0.25, -0.2) is 0 Å². The molecule has 0 spiro atoms. The van der Waals surface area contributed by atoms with Gasteiger partial charge in [-0.05, 0) is 31.9 Å². The summed E-state index contributed by atoms with van der Waals surface area (Å²) in [6, 6.07) is 2.63. The zero-order valence-corrected chi connectivity index (χ0v) is 12.9. The molecule has 0 bridgehead atoms. The first kappa shape index (κ1) is 14.8. The topological polar surface area (TPSA) is 28.2 Å². The number of hydrogen-bond donors (Lipinski definition) is 1. The van der Waals surface area contributed by atoms with E-state index in [0.29, 0.717) is 6.04 Å². The molecule has 2 heterocycles. The van der Waals surface area contributed by atoms with Crippen LogP contribution in [0.3, 0.4) is 0 Å². The molecule has 1 aromatic rings. The maximum atomic E-state index is 6.23. The van der Waals surface area contributed by atoms with E-state index in [-0.39, 0.29) is 5.54 Å². The van der Waals surface area contributed by atoms with Crippen molar-refractivity contribution in [2.24, 2.45) is 0 Å². The first-order valence-electron chi connectivity index (χ1n) is 7.09. The molecule has 1 saturated heterocycles. The van der Waals surface area contributed by atoms with Crippen LogP contribution in [0, 0.1) is 0 Å². The average molecular weight is 282 g/mol. The minimum absolute atomic E-state index is 0.170. The van der Waals surface area contributed by atoms with Crippen molar-refractivity contribution in [1.29, 1.82) is 0 Å². The van der Waals surface area contributed by atoms with Crippen LogP contribution in [-0.4, -0.2) is 34.6 Å². The van der Waals surface area contributed by atoms with Crippen molar-refractivity contribution in [1.82, 2.24) is 15.2 Å². The second kappa shape index (κ2) is 6.21. The van der Waals surface area contributed by atoms with Crippen molar-refractivity contribution in [3.63, 3.8) is 0 Å².